The van der Waals surface area contributed by atoms with Crippen LogP contribution in [-0.4, -0.2) is 74.5 Å². The number of thioether (sulfide) groups is 1. The summed E-state index contributed by atoms with van der Waals surface area (Å²) in [5.74, 6) is -1.44. The van der Waals surface area contributed by atoms with E-state index in [2.05, 4.69) is 41.2 Å². The van der Waals surface area contributed by atoms with Crippen LogP contribution < -0.4 is 45.6 Å². The van der Waals surface area contributed by atoms with Gasteiger partial charge in [0.15, 0.2) is 5.82 Å². The molecule has 6 rings (SSSR count). The average molecular weight is 586 g/mol. The topological polar surface area (TPSA) is 199 Å². The molecule has 16 heteroatoms. The van der Waals surface area contributed by atoms with E-state index in [-0.39, 0.29) is 59.1 Å². The van der Waals surface area contributed by atoms with Gasteiger partial charge in [0.25, 0.3) is 5.91 Å². The Labute approximate surface area is 259 Å². The number of hydrogen-bond acceptors (Lipinski definition) is 10. The van der Waals surface area contributed by atoms with Crippen LogP contribution in [0.5, 0.6) is 5.75 Å². The number of carbonyl (C=O) groups excluding carboxylic acids is 3. The quantitative estimate of drug-likeness (QED) is 0.121. The molecule has 0 bridgehead atoms. The van der Waals surface area contributed by atoms with Crippen LogP contribution in [0.25, 0.3) is 11.0 Å². The van der Waals surface area contributed by atoms with Crippen LogP contribution in [0, 0.1) is 0 Å². The van der Waals surface area contributed by atoms with Gasteiger partial charge in [0, 0.05) is 17.1 Å². The number of aromatic nitrogens is 6. The smallest absolute Gasteiger partial charge is 1.00 e. The molecule has 5 heterocycles. The fourth-order valence-corrected chi connectivity index (χ4v) is 6.71. The van der Waals surface area contributed by atoms with Crippen molar-refractivity contribution in [2.24, 2.45) is 0 Å². The van der Waals surface area contributed by atoms with E-state index in [9.17, 15) is 24.3 Å². The summed E-state index contributed by atoms with van der Waals surface area (Å²) >= 11 is 1.50. The first-order valence-corrected chi connectivity index (χ1v) is 13.1. The summed E-state index contributed by atoms with van der Waals surface area (Å²) in [6.45, 7) is 3.91. The number of tetrazole rings is 1. The number of benzene rings is 1. The largest absolute Gasteiger partial charge is 1.00 e. The molecule has 3 unspecified atom stereocenters. The molecule has 0 aliphatic carbocycles. The third-order valence-electron chi connectivity index (χ3n) is 6.99. The van der Waals surface area contributed by atoms with Gasteiger partial charge in [0.1, 0.15) is 40.3 Å². The summed E-state index contributed by atoms with van der Waals surface area (Å²) in [7, 11) is 0. The van der Waals surface area contributed by atoms with Crippen molar-refractivity contribution < 1.29 is 50.5 Å². The van der Waals surface area contributed by atoms with Crippen molar-refractivity contribution in [3.8, 4) is 5.75 Å². The molecule has 4 atom stereocenters. The Bertz CT molecular complexity index is 1700. The number of aromatic hydroxyl groups is 1. The summed E-state index contributed by atoms with van der Waals surface area (Å²) in [4.78, 5) is 61.6. The second kappa shape index (κ2) is 10.9. The van der Waals surface area contributed by atoms with Gasteiger partial charge in [0.05, 0.1) is 5.52 Å². The molecule has 2 aliphatic heterocycles. The second-order valence-corrected chi connectivity index (χ2v) is 11.7. The van der Waals surface area contributed by atoms with Gasteiger partial charge in [-0.3, -0.25) is 24.2 Å². The van der Waals surface area contributed by atoms with E-state index in [1.807, 2.05) is 13.8 Å². The average Bonchev–Trinajstić information content (AvgIpc) is 3.55. The first kappa shape index (κ1) is 28.7. The number of hydrogen-bond donors (Lipinski definition) is 5. The minimum Gasteiger partial charge on any atom is -1.00 e. The normalized spacial score (nSPS) is 21.4. The predicted octanol–water partition coefficient (Wildman–Crippen LogP) is -2.35. The minimum absolute atomic E-state index is 0. The number of phenolic OH excluding ortho intramolecular Hbond substituents is 1. The number of carbonyl (C=O) groups is 3. The fourth-order valence-electron chi connectivity index (χ4n) is 5.08. The Hall–Kier alpha value is -3.79. The minimum atomic E-state index is -1.28. The molecular weight excluding hydrogens is 561 g/mol. The molecule has 14 nitrogen and oxygen atoms in total. The zero-order valence-electron chi connectivity index (χ0n) is 23.2. The molecule has 1 aromatic carbocycles. The summed E-state index contributed by atoms with van der Waals surface area (Å²) in [5.41, 5.74) is 0.0501. The van der Waals surface area contributed by atoms with Gasteiger partial charge >= 0.3 is 29.6 Å². The van der Waals surface area contributed by atoms with E-state index in [4.69, 9.17) is 0 Å². The SMILES string of the molecule is CC1(C)S[C@@H]2C(NC(=O)C(NC(=O)c3c[nH]c4cccnc4c3=O)c3ccc(O)cc3)C(=O)N2C1c1nn[nH]n1.[H-].[Na+]. The molecule has 2 aliphatic rings. The monoisotopic (exact) mass is 585 g/mol. The van der Waals surface area contributed by atoms with Crippen LogP contribution in [0.3, 0.4) is 0 Å². The summed E-state index contributed by atoms with van der Waals surface area (Å²) < 4.78 is -0.459. The maximum absolute atomic E-state index is 13.6. The molecule has 3 aromatic heterocycles. The predicted molar refractivity (Wildman–Crippen MR) is 143 cm³/mol. The zero-order valence-corrected chi connectivity index (χ0v) is 25.0. The molecule has 41 heavy (non-hydrogen) atoms. The van der Waals surface area contributed by atoms with Crippen LogP contribution in [0.4, 0.5) is 0 Å². The molecule has 206 valence electrons. The van der Waals surface area contributed by atoms with Crippen LogP contribution >= 0.6 is 11.8 Å². The number of aromatic amines is 2. The van der Waals surface area contributed by atoms with Gasteiger partial charge < -0.3 is 27.1 Å². The number of amides is 3. The van der Waals surface area contributed by atoms with Gasteiger partial charge in [-0.05, 0) is 43.7 Å². The van der Waals surface area contributed by atoms with Crippen LogP contribution in [0.15, 0.2) is 53.6 Å². The van der Waals surface area contributed by atoms with E-state index in [0.29, 0.717) is 16.9 Å². The van der Waals surface area contributed by atoms with Gasteiger partial charge in [0.2, 0.25) is 17.2 Å². The number of pyridine rings is 2. The number of nitrogens with zero attached hydrogens (tertiary/aromatic N) is 5. The first-order chi connectivity index (χ1) is 19.2. The van der Waals surface area contributed by atoms with Crippen molar-refractivity contribution in [3.05, 3.63) is 76.0 Å². The van der Waals surface area contributed by atoms with E-state index in [1.54, 1.807) is 17.0 Å². The second-order valence-electron chi connectivity index (χ2n) is 9.95. The van der Waals surface area contributed by atoms with Crippen molar-refractivity contribution in [2.45, 2.75) is 42.1 Å². The van der Waals surface area contributed by atoms with E-state index in [0.717, 1.165) is 0 Å². The van der Waals surface area contributed by atoms with E-state index in [1.165, 1.54) is 48.4 Å². The maximum atomic E-state index is 13.6. The third kappa shape index (κ3) is 4.98. The Balaban J connectivity index is 0.00000202. The molecule has 0 saturated carbocycles. The Morgan fingerprint density at radius 1 is 1.20 bits per heavy atom. The molecule has 0 radical (unpaired) electrons. The molecule has 0 spiro atoms. The van der Waals surface area contributed by atoms with Crippen molar-refractivity contribution in [1.82, 2.24) is 46.1 Å². The van der Waals surface area contributed by atoms with Crippen LogP contribution in [0.1, 0.15) is 49.1 Å². The standard InChI is InChI=1S/C25H23N9O5S.Na.H/c1-25(2)19(20-30-32-33-31-20)34-23(39)17(24(34)40-25)29-22(38)15(11-5-7-12(35)8-6-11)28-21(37)13-10-27-14-4-3-9-26-16(14)18(13)36;;/h3-10,15,17,19,24,35H,1-2H3,(H,27,36)(H,28,37)(H,29,38)(H,30,31,32,33);;/q;+1;-1/t15?,17?,19?,24-;;/m1../s1. The molecular formula is C25H24N9NaO5S. The summed E-state index contributed by atoms with van der Waals surface area (Å²) in [5, 5.41) is 28.9. The molecule has 2 saturated heterocycles. The van der Waals surface area contributed by atoms with Gasteiger partial charge in [-0.25, -0.2) is 0 Å². The zero-order chi connectivity index (χ0) is 28.2. The third-order valence-corrected chi connectivity index (χ3v) is 8.56. The number of fused-ring (bicyclic) bond motifs is 2. The van der Waals surface area contributed by atoms with Crippen molar-refractivity contribution in [1.29, 1.82) is 0 Å². The van der Waals surface area contributed by atoms with Crippen LogP contribution in [-0.2, 0) is 9.59 Å². The van der Waals surface area contributed by atoms with Gasteiger partial charge in [-0.15, -0.1) is 22.0 Å². The molecule has 3 amide bonds. The Morgan fingerprint density at radius 2 is 1.95 bits per heavy atom. The number of β-lactam (4-membered cyclic amide) rings is 1. The summed E-state index contributed by atoms with van der Waals surface area (Å²) in [6.07, 6.45) is 2.70. The van der Waals surface area contributed by atoms with E-state index >= 15 is 0 Å². The number of H-pyrrole nitrogens is 2. The Morgan fingerprint density at radius 3 is 2.66 bits per heavy atom. The van der Waals surface area contributed by atoms with Gasteiger partial charge in [-0.2, -0.15) is 5.21 Å². The van der Waals surface area contributed by atoms with Crippen molar-refractivity contribution in [3.63, 3.8) is 0 Å². The Kier molecular flexibility index (Phi) is 7.63. The molecule has 5 N–H and O–H groups in total. The van der Waals surface area contributed by atoms with E-state index < -0.39 is 40.1 Å². The first-order valence-electron chi connectivity index (χ1n) is 12.3. The fraction of sp³-hybridized carbons (Fsp3) is 0.280. The number of rotatable bonds is 6. The number of nitrogens with one attached hydrogen (secondary N) is 4. The molecule has 2 fully saturated rings. The molecule has 4 aromatic rings. The van der Waals surface area contributed by atoms with Crippen molar-refractivity contribution >= 4 is 40.5 Å². The maximum Gasteiger partial charge on any atom is 1.00 e. The summed E-state index contributed by atoms with van der Waals surface area (Å²) in [6, 6.07) is 6.41. The number of phenols is 1. The van der Waals surface area contributed by atoms with Crippen LogP contribution in [0.2, 0.25) is 0 Å². The van der Waals surface area contributed by atoms with Gasteiger partial charge in [-0.1, -0.05) is 17.3 Å². The van der Waals surface area contributed by atoms with Crippen molar-refractivity contribution in [2.75, 3.05) is 0 Å².